The number of benzene rings is 1. The number of hydrogen-bond acceptors (Lipinski definition) is 3. The van der Waals surface area contributed by atoms with E-state index in [1.807, 2.05) is 43.5 Å². The van der Waals surface area contributed by atoms with Crippen molar-refractivity contribution in [2.45, 2.75) is 52.5 Å². The molecular formula is C27H31N3O. The average Bonchev–Trinajstić information content (AvgIpc) is 2.79. The van der Waals surface area contributed by atoms with Crippen molar-refractivity contribution >= 4 is 5.91 Å². The first-order valence-electron chi connectivity index (χ1n) is 11.3. The third-order valence-electron chi connectivity index (χ3n) is 6.39. The highest BCUT2D eigenvalue weighted by Crippen LogP contribution is 2.31. The third-order valence-corrected chi connectivity index (χ3v) is 6.39. The van der Waals surface area contributed by atoms with Crippen LogP contribution in [0.5, 0.6) is 0 Å². The predicted molar refractivity (Wildman–Crippen MR) is 125 cm³/mol. The molecule has 0 spiro atoms. The molecular weight excluding hydrogens is 382 g/mol. The van der Waals surface area contributed by atoms with Crippen molar-refractivity contribution in [3.05, 3.63) is 83.3 Å². The Balaban J connectivity index is 1.61. The quantitative estimate of drug-likeness (QED) is 0.544. The van der Waals surface area contributed by atoms with Crippen LogP contribution in [0, 0.1) is 19.8 Å². The minimum atomic E-state index is 0.123. The summed E-state index contributed by atoms with van der Waals surface area (Å²) in [4.78, 5) is 25.0. The van der Waals surface area contributed by atoms with Crippen molar-refractivity contribution in [3.8, 4) is 11.3 Å². The molecule has 2 atom stereocenters. The molecule has 0 saturated carbocycles. The van der Waals surface area contributed by atoms with Crippen LogP contribution in [0.15, 0.2) is 60.9 Å². The van der Waals surface area contributed by atoms with E-state index in [4.69, 9.17) is 0 Å². The fraction of sp³-hybridized carbons (Fsp3) is 0.370. The predicted octanol–water partition coefficient (Wildman–Crippen LogP) is 5.63. The number of aryl methyl sites for hydroxylation is 3. The van der Waals surface area contributed by atoms with E-state index >= 15 is 0 Å². The van der Waals surface area contributed by atoms with Crippen LogP contribution in [0.2, 0.25) is 0 Å². The zero-order chi connectivity index (χ0) is 21.8. The summed E-state index contributed by atoms with van der Waals surface area (Å²) in [5, 5.41) is 0. The maximum Gasteiger partial charge on any atom is 0.254 e. The molecule has 4 nitrogen and oxygen atoms in total. The number of likely N-dealkylation sites (tertiary alicyclic amines) is 1. The van der Waals surface area contributed by atoms with Crippen LogP contribution in [0.3, 0.4) is 0 Å². The third kappa shape index (κ3) is 4.84. The second-order valence-corrected chi connectivity index (χ2v) is 8.81. The highest BCUT2D eigenvalue weighted by molar-refractivity contribution is 6.01. The SMILES string of the molecule is Cc1ccc(CC[C@@H]2[C@H](C)CCCN2C(=O)c2cc(C)ccc2-c2ccccn2)nc1. The summed E-state index contributed by atoms with van der Waals surface area (Å²) in [6.07, 6.45) is 7.75. The number of rotatable bonds is 5. The Morgan fingerprint density at radius 3 is 2.65 bits per heavy atom. The highest BCUT2D eigenvalue weighted by atomic mass is 16.2. The van der Waals surface area contributed by atoms with E-state index in [1.165, 1.54) is 5.56 Å². The first-order chi connectivity index (χ1) is 15.0. The summed E-state index contributed by atoms with van der Waals surface area (Å²) in [5.74, 6) is 0.601. The Morgan fingerprint density at radius 1 is 1.06 bits per heavy atom. The second kappa shape index (κ2) is 9.42. The molecule has 1 aliphatic rings. The highest BCUT2D eigenvalue weighted by Gasteiger charge is 2.33. The van der Waals surface area contributed by atoms with E-state index in [-0.39, 0.29) is 11.9 Å². The van der Waals surface area contributed by atoms with Crippen LogP contribution in [-0.4, -0.2) is 33.4 Å². The lowest BCUT2D eigenvalue weighted by atomic mass is 9.86. The molecule has 1 aromatic carbocycles. The Morgan fingerprint density at radius 2 is 1.90 bits per heavy atom. The lowest BCUT2D eigenvalue weighted by Gasteiger charge is -2.40. The number of hydrogen-bond donors (Lipinski definition) is 0. The molecule has 1 aliphatic heterocycles. The van der Waals surface area contributed by atoms with E-state index in [2.05, 4.69) is 46.9 Å². The molecule has 0 unspecified atom stereocenters. The smallest absolute Gasteiger partial charge is 0.254 e. The monoisotopic (exact) mass is 413 g/mol. The van der Waals surface area contributed by atoms with Gasteiger partial charge in [0, 0.05) is 41.8 Å². The minimum Gasteiger partial charge on any atom is -0.335 e. The van der Waals surface area contributed by atoms with Crippen molar-refractivity contribution in [1.29, 1.82) is 0 Å². The largest absolute Gasteiger partial charge is 0.335 e. The van der Waals surface area contributed by atoms with Gasteiger partial charge in [0.05, 0.1) is 5.69 Å². The number of amides is 1. The van der Waals surface area contributed by atoms with Gasteiger partial charge < -0.3 is 4.90 Å². The average molecular weight is 414 g/mol. The maximum atomic E-state index is 13.8. The van der Waals surface area contributed by atoms with Crippen LogP contribution in [0.1, 0.15) is 53.4 Å². The van der Waals surface area contributed by atoms with Crippen molar-refractivity contribution < 1.29 is 4.79 Å². The van der Waals surface area contributed by atoms with Gasteiger partial charge >= 0.3 is 0 Å². The van der Waals surface area contributed by atoms with Crippen LogP contribution < -0.4 is 0 Å². The number of piperidine rings is 1. The van der Waals surface area contributed by atoms with Gasteiger partial charge in [-0.15, -0.1) is 0 Å². The Bertz CT molecular complexity index is 1030. The van der Waals surface area contributed by atoms with Gasteiger partial charge in [-0.1, -0.05) is 36.8 Å². The van der Waals surface area contributed by atoms with E-state index in [0.29, 0.717) is 5.92 Å². The van der Waals surface area contributed by atoms with E-state index in [1.54, 1.807) is 6.20 Å². The summed E-state index contributed by atoms with van der Waals surface area (Å²) >= 11 is 0. The van der Waals surface area contributed by atoms with Gasteiger partial charge in [0.15, 0.2) is 0 Å². The van der Waals surface area contributed by atoms with Gasteiger partial charge in [-0.3, -0.25) is 14.8 Å². The summed E-state index contributed by atoms with van der Waals surface area (Å²) in [6.45, 7) is 7.19. The summed E-state index contributed by atoms with van der Waals surface area (Å²) in [7, 11) is 0. The van der Waals surface area contributed by atoms with Gasteiger partial charge in [-0.2, -0.15) is 0 Å². The maximum absolute atomic E-state index is 13.8. The van der Waals surface area contributed by atoms with Crippen LogP contribution in [-0.2, 0) is 6.42 Å². The first kappa shape index (κ1) is 21.2. The second-order valence-electron chi connectivity index (χ2n) is 8.81. The molecule has 0 radical (unpaired) electrons. The molecule has 1 amide bonds. The topological polar surface area (TPSA) is 46.1 Å². The number of nitrogens with zero attached hydrogens (tertiary/aromatic N) is 3. The molecule has 1 fully saturated rings. The molecule has 4 rings (SSSR count). The minimum absolute atomic E-state index is 0.123. The van der Waals surface area contributed by atoms with Gasteiger partial charge in [-0.05, 0) is 75.3 Å². The van der Waals surface area contributed by atoms with Gasteiger partial charge in [0.2, 0.25) is 0 Å². The van der Waals surface area contributed by atoms with Crippen molar-refractivity contribution in [3.63, 3.8) is 0 Å². The number of carbonyl (C=O) groups is 1. The molecule has 3 aromatic rings. The van der Waals surface area contributed by atoms with Crippen molar-refractivity contribution in [1.82, 2.24) is 14.9 Å². The zero-order valence-corrected chi connectivity index (χ0v) is 18.7. The van der Waals surface area contributed by atoms with Crippen LogP contribution in [0.25, 0.3) is 11.3 Å². The standard InChI is InChI=1S/C27H31N3O/c1-19-10-13-23(25-8-4-5-15-28-25)24(17-19)27(31)30-16-6-7-21(3)26(30)14-12-22-11-9-20(2)18-29-22/h4-5,8-11,13,15,17-18,21,26H,6-7,12,14,16H2,1-3H3/t21-,26-/m1/s1. The molecule has 31 heavy (non-hydrogen) atoms. The van der Waals surface area contributed by atoms with E-state index in [9.17, 15) is 4.79 Å². The zero-order valence-electron chi connectivity index (χ0n) is 18.7. The van der Waals surface area contributed by atoms with Gasteiger partial charge in [0.25, 0.3) is 5.91 Å². The van der Waals surface area contributed by atoms with Gasteiger partial charge in [0.1, 0.15) is 0 Å². The van der Waals surface area contributed by atoms with Crippen molar-refractivity contribution in [2.24, 2.45) is 5.92 Å². The molecule has 0 N–H and O–H groups in total. The van der Waals surface area contributed by atoms with Crippen LogP contribution in [0.4, 0.5) is 0 Å². The molecule has 0 bridgehead atoms. The molecule has 1 saturated heterocycles. The van der Waals surface area contributed by atoms with E-state index < -0.39 is 0 Å². The molecule has 160 valence electrons. The molecule has 3 heterocycles. The van der Waals surface area contributed by atoms with Gasteiger partial charge in [-0.25, -0.2) is 0 Å². The fourth-order valence-corrected chi connectivity index (χ4v) is 4.62. The Hall–Kier alpha value is -3.01. The normalized spacial score (nSPS) is 18.7. The Labute approximate surface area is 185 Å². The molecule has 0 aliphatic carbocycles. The number of pyridine rings is 2. The lowest BCUT2D eigenvalue weighted by Crippen LogP contribution is -2.48. The fourth-order valence-electron chi connectivity index (χ4n) is 4.62. The first-order valence-corrected chi connectivity index (χ1v) is 11.3. The summed E-state index contributed by atoms with van der Waals surface area (Å²) in [5.41, 5.74) is 5.87. The Kier molecular flexibility index (Phi) is 6.45. The number of aromatic nitrogens is 2. The lowest BCUT2D eigenvalue weighted by molar-refractivity contribution is 0.0499. The molecule has 4 heteroatoms. The number of carbonyl (C=O) groups excluding carboxylic acids is 1. The molecule has 2 aromatic heterocycles. The van der Waals surface area contributed by atoms with E-state index in [0.717, 1.165) is 60.3 Å². The summed E-state index contributed by atoms with van der Waals surface area (Å²) in [6, 6.07) is 16.4. The van der Waals surface area contributed by atoms with Crippen molar-refractivity contribution in [2.75, 3.05) is 6.54 Å². The van der Waals surface area contributed by atoms with Crippen LogP contribution >= 0.6 is 0 Å². The summed E-state index contributed by atoms with van der Waals surface area (Å²) < 4.78 is 0.